The van der Waals surface area contributed by atoms with Crippen LogP contribution < -0.4 is 0 Å². The molecule has 0 saturated heterocycles. The smallest absolute Gasteiger partial charge is 0.323 e. The summed E-state index contributed by atoms with van der Waals surface area (Å²) in [6, 6.07) is 1.51. The molecule has 1 aromatic heterocycles. The van der Waals surface area contributed by atoms with Crippen LogP contribution in [0.25, 0.3) is 0 Å². The third-order valence-corrected chi connectivity index (χ3v) is 2.18. The van der Waals surface area contributed by atoms with Gasteiger partial charge in [-0.05, 0) is 26.8 Å². The van der Waals surface area contributed by atoms with Crippen LogP contribution in [-0.2, 0) is 4.79 Å². The number of carboxylic acid groups (broad SMARTS) is 1. The van der Waals surface area contributed by atoms with E-state index in [9.17, 15) is 9.59 Å². The first kappa shape index (κ1) is 13.1. The number of carbonyl (C=O) groups excluding carboxylic acids is 1. The molecule has 0 fully saturated rings. The number of aromatic nitrogens is 2. The SMILES string of the molecule is CC(C)(C)N(CC(=O)O)C(=O)c1ccnnc1. The zero-order valence-corrected chi connectivity index (χ0v) is 10.0. The molecule has 0 aromatic carbocycles. The molecule has 0 aliphatic heterocycles. The Kier molecular flexibility index (Phi) is 3.77. The quantitative estimate of drug-likeness (QED) is 0.840. The normalized spacial score (nSPS) is 11.0. The van der Waals surface area contributed by atoms with Crippen molar-refractivity contribution in [1.29, 1.82) is 0 Å². The van der Waals surface area contributed by atoms with Gasteiger partial charge in [0.15, 0.2) is 0 Å². The van der Waals surface area contributed by atoms with Gasteiger partial charge in [-0.3, -0.25) is 9.59 Å². The number of nitrogens with zero attached hydrogens (tertiary/aromatic N) is 3. The maximum absolute atomic E-state index is 12.1. The Bertz CT molecular complexity index is 412. The molecule has 0 aliphatic rings. The minimum Gasteiger partial charge on any atom is -0.480 e. The van der Waals surface area contributed by atoms with Crippen molar-refractivity contribution in [2.75, 3.05) is 6.54 Å². The minimum atomic E-state index is -1.05. The van der Waals surface area contributed by atoms with Gasteiger partial charge in [-0.1, -0.05) is 0 Å². The predicted molar refractivity (Wildman–Crippen MR) is 60.5 cm³/mol. The van der Waals surface area contributed by atoms with Crippen molar-refractivity contribution in [3.63, 3.8) is 0 Å². The third-order valence-electron chi connectivity index (χ3n) is 2.18. The van der Waals surface area contributed by atoms with Crippen molar-refractivity contribution >= 4 is 11.9 Å². The molecule has 0 saturated carbocycles. The maximum Gasteiger partial charge on any atom is 0.323 e. The van der Waals surface area contributed by atoms with Gasteiger partial charge in [0.25, 0.3) is 5.91 Å². The Morgan fingerprint density at radius 3 is 2.41 bits per heavy atom. The van der Waals surface area contributed by atoms with Crippen molar-refractivity contribution in [2.24, 2.45) is 0 Å². The van der Waals surface area contributed by atoms with Gasteiger partial charge in [0.2, 0.25) is 0 Å². The van der Waals surface area contributed by atoms with E-state index in [1.807, 2.05) is 0 Å². The highest BCUT2D eigenvalue weighted by Crippen LogP contribution is 2.16. The number of hydrogen-bond acceptors (Lipinski definition) is 4. The van der Waals surface area contributed by atoms with Crippen LogP contribution in [-0.4, -0.2) is 44.2 Å². The standard InChI is InChI=1S/C11H15N3O3/c1-11(2,3)14(7-9(15)16)10(17)8-4-5-12-13-6-8/h4-6H,7H2,1-3H3,(H,15,16). The zero-order valence-electron chi connectivity index (χ0n) is 10.0. The van der Waals surface area contributed by atoms with Gasteiger partial charge >= 0.3 is 5.97 Å². The molecular formula is C11H15N3O3. The maximum atomic E-state index is 12.1. The molecule has 1 N–H and O–H groups in total. The molecule has 92 valence electrons. The zero-order chi connectivity index (χ0) is 13.1. The lowest BCUT2D eigenvalue weighted by atomic mass is 10.0. The van der Waals surface area contributed by atoms with Crippen LogP contribution in [0.4, 0.5) is 0 Å². The summed E-state index contributed by atoms with van der Waals surface area (Å²) in [5.74, 6) is -1.41. The highest BCUT2D eigenvalue weighted by molar-refractivity contribution is 5.95. The fourth-order valence-corrected chi connectivity index (χ4v) is 1.32. The summed E-state index contributed by atoms with van der Waals surface area (Å²) >= 11 is 0. The molecule has 0 aliphatic carbocycles. The summed E-state index contributed by atoms with van der Waals surface area (Å²) in [4.78, 5) is 24.2. The number of carbonyl (C=O) groups is 2. The average Bonchev–Trinajstić information content (AvgIpc) is 2.24. The number of rotatable bonds is 3. The second kappa shape index (κ2) is 4.90. The fourth-order valence-electron chi connectivity index (χ4n) is 1.32. The molecule has 6 heteroatoms. The molecule has 6 nitrogen and oxygen atoms in total. The summed E-state index contributed by atoms with van der Waals surface area (Å²) in [5.41, 5.74) is -0.241. The molecule has 0 spiro atoms. The minimum absolute atomic E-state index is 0.330. The number of hydrogen-bond donors (Lipinski definition) is 1. The second-order valence-corrected chi connectivity index (χ2v) is 4.59. The van der Waals surface area contributed by atoms with Crippen molar-refractivity contribution in [3.8, 4) is 0 Å². The van der Waals surface area contributed by atoms with Gasteiger partial charge in [0, 0.05) is 5.54 Å². The van der Waals surface area contributed by atoms with Crippen molar-refractivity contribution in [2.45, 2.75) is 26.3 Å². The number of amides is 1. The first-order chi connectivity index (χ1) is 7.82. The highest BCUT2D eigenvalue weighted by atomic mass is 16.4. The lowest BCUT2D eigenvalue weighted by Gasteiger charge is -2.34. The van der Waals surface area contributed by atoms with E-state index in [1.165, 1.54) is 23.4 Å². The van der Waals surface area contributed by atoms with Crippen LogP contribution in [0, 0.1) is 0 Å². The molecule has 0 bridgehead atoms. The Balaban J connectivity index is 3.00. The fraction of sp³-hybridized carbons (Fsp3) is 0.455. The van der Waals surface area contributed by atoms with Crippen molar-refractivity contribution < 1.29 is 14.7 Å². The molecule has 1 amide bonds. The van der Waals surface area contributed by atoms with Gasteiger partial charge in [0.05, 0.1) is 18.0 Å². The predicted octanol–water partition coefficient (Wildman–Crippen LogP) is 0.802. The van der Waals surface area contributed by atoms with Crippen LogP contribution in [0.1, 0.15) is 31.1 Å². The average molecular weight is 237 g/mol. The summed E-state index contributed by atoms with van der Waals surface area (Å²) in [5, 5.41) is 16.0. The molecular weight excluding hydrogens is 222 g/mol. The third kappa shape index (κ3) is 3.51. The second-order valence-electron chi connectivity index (χ2n) is 4.59. The Labute approximate surface area is 99.3 Å². The highest BCUT2D eigenvalue weighted by Gasteiger charge is 2.29. The first-order valence-electron chi connectivity index (χ1n) is 5.13. The van der Waals surface area contributed by atoms with Gasteiger partial charge in [0.1, 0.15) is 6.54 Å². The monoisotopic (exact) mass is 237 g/mol. The van der Waals surface area contributed by atoms with Crippen LogP contribution in [0.5, 0.6) is 0 Å². The number of carboxylic acids is 1. The largest absolute Gasteiger partial charge is 0.480 e. The van der Waals surface area contributed by atoms with Crippen LogP contribution in [0.2, 0.25) is 0 Å². The van der Waals surface area contributed by atoms with E-state index >= 15 is 0 Å². The summed E-state index contributed by atoms with van der Waals surface area (Å²) < 4.78 is 0. The van der Waals surface area contributed by atoms with Gasteiger partial charge in [-0.2, -0.15) is 10.2 Å². The Hall–Kier alpha value is -1.98. The van der Waals surface area contributed by atoms with Crippen molar-refractivity contribution in [1.82, 2.24) is 15.1 Å². The van der Waals surface area contributed by atoms with E-state index < -0.39 is 11.5 Å². The van der Waals surface area contributed by atoms with E-state index in [0.717, 1.165) is 0 Å². The molecule has 1 rings (SSSR count). The lowest BCUT2D eigenvalue weighted by molar-refractivity contribution is -0.138. The van der Waals surface area contributed by atoms with E-state index in [2.05, 4.69) is 10.2 Å². The molecule has 0 unspecified atom stereocenters. The molecule has 1 heterocycles. The Morgan fingerprint density at radius 2 is 2.00 bits per heavy atom. The first-order valence-corrected chi connectivity index (χ1v) is 5.13. The van der Waals surface area contributed by atoms with Gasteiger partial charge in [-0.15, -0.1) is 0 Å². The van der Waals surface area contributed by atoms with Gasteiger partial charge < -0.3 is 10.0 Å². The molecule has 0 atom stereocenters. The van der Waals surface area contributed by atoms with Crippen LogP contribution in [0.3, 0.4) is 0 Å². The van der Waals surface area contributed by atoms with E-state index in [0.29, 0.717) is 5.56 Å². The van der Waals surface area contributed by atoms with E-state index in [-0.39, 0.29) is 12.5 Å². The summed E-state index contributed by atoms with van der Waals surface area (Å²) in [6.07, 6.45) is 2.72. The van der Waals surface area contributed by atoms with E-state index in [1.54, 1.807) is 20.8 Å². The van der Waals surface area contributed by atoms with Crippen LogP contribution >= 0.6 is 0 Å². The molecule has 0 radical (unpaired) electrons. The summed E-state index contributed by atoms with van der Waals surface area (Å²) in [6.45, 7) is 5.00. The topological polar surface area (TPSA) is 83.4 Å². The van der Waals surface area contributed by atoms with E-state index in [4.69, 9.17) is 5.11 Å². The number of aliphatic carboxylic acids is 1. The lowest BCUT2D eigenvalue weighted by Crippen LogP contribution is -2.48. The van der Waals surface area contributed by atoms with Gasteiger partial charge in [-0.25, -0.2) is 0 Å². The van der Waals surface area contributed by atoms with Crippen molar-refractivity contribution in [3.05, 3.63) is 24.0 Å². The molecule has 1 aromatic rings. The van der Waals surface area contributed by atoms with Crippen LogP contribution in [0.15, 0.2) is 18.5 Å². The Morgan fingerprint density at radius 1 is 1.35 bits per heavy atom. The molecule has 17 heavy (non-hydrogen) atoms. The summed E-state index contributed by atoms with van der Waals surface area (Å²) in [7, 11) is 0.